The van der Waals surface area contributed by atoms with Crippen molar-refractivity contribution in [3.8, 4) is 11.1 Å². The van der Waals surface area contributed by atoms with Crippen molar-refractivity contribution >= 4 is 19.2 Å². The Morgan fingerprint density at radius 2 is 1.52 bits per heavy atom. The molecule has 0 N–H and O–H groups in total. The zero-order chi connectivity index (χ0) is 20.4. The Hall–Kier alpha value is -1.97. The van der Waals surface area contributed by atoms with Gasteiger partial charge in [0.2, 0.25) is 0 Å². The first-order valence-corrected chi connectivity index (χ1v) is 13.7. The highest BCUT2D eigenvalue weighted by molar-refractivity contribution is 7.07. The monoisotopic (exact) mass is 426 g/mol. The molecule has 4 rings (SSSR count). The molecular weight excluding hydrogens is 402 g/mol. The van der Waals surface area contributed by atoms with Crippen LogP contribution in [0.1, 0.15) is 48.3 Å². The number of halogens is 3. The smallest absolute Gasteiger partial charge is 0.159 e. The first-order chi connectivity index (χ1) is 14.0. The van der Waals surface area contributed by atoms with Crippen LogP contribution in [0.25, 0.3) is 11.1 Å². The minimum atomic E-state index is -0.977. The summed E-state index contributed by atoms with van der Waals surface area (Å²) in [6, 6.07) is 23.4. The highest BCUT2D eigenvalue weighted by atomic mass is 35.6. The maximum atomic E-state index is 13.6. The van der Waals surface area contributed by atoms with Crippen LogP contribution in [0.5, 0.6) is 0 Å². The van der Waals surface area contributed by atoms with E-state index in [0.29, 0.717) is 11.5 Å². The van der Waals surface area contributed by atoms with Crippen LogP contribution in [0.2, 0.25) is 12.1 Å². The SMILES string of the molecule is CC(c1ccc(-c2ccc(F)c(F)c2)cc1)c1ccccc1C1CC[SiH](Cl)CC1. The molecule has 0 aromatic heterocycles. The van der Waals surface area contributed by atoms with Gasteiger partial charge in [-0.1, -0.05) is 61.5 Å². The second-order valence-electron chi connectivity index (χ2n) is 8.05. The summed E-state index contributed by atoms with van der Waals surface area (Å²) >= 11 is 6.45. The molecule has 4 heteroatoms. The molecule has 1 aliphatic rings. The Labute approximate surface area is 177 Å². The van der Waals surface area contributed by atoms with Gasteiger partial charge in [-0.25, -0.2) is 8.78 Å². The Morgan fingerprint density at radius 3 is 2.21 bits per heavy atom. The van der Waals surface area contributed by atoms with Crippen molar-refractivity contribution in [2.75, 3.05) is 0 Å². The predicted molar refractivity (Wildman–Crippen MR) is 120 cm³/mol. The third-order valence-corrected chi connectivity index (χ3v) is 9.45. The normalized spacial score (nSPS) is 20.4. The summed E-state index contributed by atoms with van der Waals surface area (Å²) in [5.41, 5.74) is 5.64. The zero-order valence-corrected chi connectivity index (χ0v) is 18.5. The van der Waals surface area contributed by atoms with Gasteiger partial charge < -0.3 is 0 Å². The van der Waals surface area contributed by atoms with Gasteiger partial charge in [-0.3, -0.25) is 0 Å². The highest BCUT2D eigenvalue weighted by Crippen LogP contribution is 2.39. The van der Waals surface area contributed by atoms with Gasteiger partial charge in [-0.15, -0.1) is 0 Å². The van der Waals surface area contributed by atoms with Gasteiger partial charge in [0.25, 0.3) is 0 Å². The van der Waals surface area contributed by atoms with E-state index in [2.05, 4.69) is 43.3 Å². The van der Waals surface area contributed by atoms with E-state index in [1.165, 1.54) is 53.8 Å². The van der Waals surface area contributed by atoms with Crippen LogP contribution in [-0.2, 0) is 0 Å². The van der Waals surface area contributed by atoms with Gasteiger partial charge in [-0.05, 0) is 70.8 Å². The summed E-state index contributed by atoms with van der Waals surface area (Å²) < 4.78 is 26.8. The van der Waals surface area contributed by atoms with Crippen LogP contribution in [-0.4, -0.2) is 8.11 Å². The highest BCUT2D eigenvalue weighted by Gasteiger charge is 2.25. The lowest BCUT2D eigenvalue weighted by atomic mass is 9.82. The van der Waals surface area contributed by atoms with E-state index in [0.717, 1.165) is 5.56 Å². The standard InChI is InChI=1S/C25H25ClF2Si/c1-17(22-4-2-3-5-23(22)20-12-14-29(26)15-13-20)18-6-8-19(9-7-18)21-10-11-24(27)25(28)16-21/h2-11,16-17,20,29H,12-15H2,1H3. The second kappa shape index (κ2) is 8.81. The largest absolute Gasteiger partial charge is 0.204 e. The molecule has 0 amide bonds. The molecule has 150 valence electrons. The molecule has 1 unspecified atom stereocenters. The third-order valence-electron chi connectivity index (χ3n) is 6.22. The van der Waals surface area contributed by atoms with Gasteiger partial charge in [0.05, 0.1) is 0 Å². The molecule has 1 atom stereocenters. The molecular formula is C25H25ClF2Si. The van der Waals surface area contributed by atoms with Gasteiger partial charge in [0.15, 0.2) is 11.6 Å². The molecule has 1 aliphatic heterocycles. The lowest BCUT2D eigenvalue weighted by Gasteiger charge is -2.28. The van der Waals surface area contributed by atoms with E-state index >= 15 is 0 Å². The van der Waals surface area contributed by atoms with E-state index < -0.39 is 19.7 Å². The fourth-order valence-electron chi connectivity index (χ4n) is 4.46. The number of benzene rings is 3. The molecule has 1 heterocycles. The molecule has 0 aliphatic carbocycles. The van der Waals surface area contributed by atoms with Gasteiger partial charge in [-0.2, -0.15) is 11.1 Å². The van der Waals surface area contributed by atoms with Crippen molar-refractivity contribution in [3.63, 3.8) is 0 Å². The third kappa shape index (κ3) is 4.46. The van der Waals surface area contributed by atoms with Gasteiger partial charge >= 0.3 is 0 Å². The predicted octanol–water partition coefficient (Wildman–Crippen LogP) is 7.62. The first-order valence-electron chi connectivity index (χ1n) is 10.3. The van der Waals surface area contributed by atoms with E-state index in [1.807, 2.05) is 12.1 Å². The number of rotatable bonds is 4. The quantitative estimate of drug-likeness (QED) is 0.297. The summed E-state index contributed by atoms with van der Waals surface area (Å²) in [4.78, 5) is 0. The molecule has 3 aromatic rings. The van der Waals surface area contributed by atoms with Crippen LogP contribution in [0.3, 0.4) is 0 Å². The summed E-state index contributed by atoms with van der Waals surface area (Å²) in [7, 11) is -0.977. The Kier molecular flexibility index (Phi) is 6.17. The van der Waals surface area contributed by atoms with Crippen molar-refractivity contribution in [1.82, 2.24) is 0 Å². The maximum absolute atomic E-state index is 13.6. The summed E-state index contributed by atoms with van der Waals surface area (Å²) in [5.74, 6) is -0.751. The molecule has 0 bridgehead atoms. The molecule has 3 aromatic carbocycles. The lowest BCUT2D eigenvalue weighted by Crippen LogP contribution is -2.16. The van der Waals surface area contributed by atoms with Crippen LogP contribution >= 0.6 is 11.1 Å². The summed E-state index contributed by atoms with van der Waals surface area (Å²) in [6.45, 7) is 2.24. The second-order valence-corrected chi connectivity index (χ2v) is 12.3. The van der Waals surface area contributed by atoms with Crippen molar-refractivity contribution in [1.29, 1.82) is 0 Å². The Balaban J connectivity index is 1.59. The zero-order valence-electron chi connectivity index (χ0n) is 16.5. The topological polar surface area (TPSA) is 0 Å². The minimum absolute atomic E-state index is 0.274. The van der Waals surface area contributed by atoms with Crippen LogP contribution in [0, 0.1) is 11.6 Å². The first kappa shape index (κ1) is 20.3. The average molecular weight is 427 g/mol. The van der Waals surface area contributed by atoms with Gasteiger partial charge in [0.1, 0.15) is 8.11 Å². The van der Waals surface area contributed by atoms with Crippen molar-refractivity contribution in [2.45, 2.75) is 43.7 Å². The van der Waals surface area contributed by atoms with E-state index in [4.69, 9.17) is 11.1 Å². The summed E-state index contributed by atoms with van der Waals surface area (Å²) in [5, 5.41) is 0. The lowest BCUT2D eigenvalue weighted by molar-refractivity contribution is 0.509. The number of hydrogen-bond acceptors (Lipinski definition) is 0. The molecule has 0 spiro atoms. The average Bonchev–Trinajstić information content (AvgIpc) is 2.76. The van der Waals surface area contributed by atoms with Crippen LogP contribution in [0.4, 0.5) is 8.78 Å². The fraction of sp³-hybridized carbons (Fsp3) is 0.280. The van der Waals surface area contributed by atoms with Crippen LogP contribution in [0.15, 0.2) is 66.7 Å². The summed E-state index contributed by atoms with van der Waals surface area (Å²) in [6.07, 6.45) is 2.42. The Bertz CT molecular complexity index is 978. The minimum Gasteiger partial charge on any atom is -0.204 e. The number of hydrogen-bond donors (Lipinski definition) is 0. The van der Waals surface area contributed by atoms with Crippen molar-refractivity contribution in [3.05, 3.63) is 95.1 Å². The maximum Gasteiger partial charge on any atom is 0.159 e. The molecule has 0 nitrogen and oxygen atoms in total. The molecule has 1 fully saturated rings. The van der Waals surface area contributed by atoms with Crippen molar-refractivity contribution < 1.29 is 8.78 Å². The van der Waals surface area contributed by atoms with Gasteiger partial charge in [0, 0.05) is 5.92 Å². The molecule has 1 saturated heterocycles. The molecule has 0 saturated carbocycles. The van der Waals surface area contributed by atoms with E-state index in [1.54, 1.807) is 6.07 Å². The fourth-order valence-corrected chi connectivity index (χ4v) is 7.03. The molecule has 0 radical (unpaired) electrons. The van der Waals surface area contributed by atoms with E-state index in [9.17, 15) is 8.78 Å². The van der Waals surface area contributed by atoms with Crippen molar-refractivity contribution in [2.24, 2.45) is 0 Å². The molecule has 29 heavy (non-hydrogen) atoms. The Morgan fingerprint density at radius 1 is 0.862 bits per heavy atom. The van der Waals surface area contributed by atoms with E-state index in [-0.39, 0.29) is 5.92 Å². The van der Waals surface area contributed by atoms with Crippen LogP contribution < -0.4 is 0 Å².